The average Bonchev–Trinajstić information content (AvgIpc) is 2.49. The lowest BCUT2D eigenvalue weighted by atomic mass is 9.98. The molecule has 5 nitrogen and oxygen atoms in total. The second-order valence-electron chi connectivity index (χ2n) is 5.47. The van der Waals surface area contributed by atoms with E-state index >= 15 is 0 Å². The van der Waals surface area contributed by atoms with E-state index in [0.717, 1.165) is 25.9 Å². The van der Waals surface area contributed by atoms with Crippen LogP contribution in [0.15, 0.2) is 0 Å². The van der Waals surface area contributed by atoms with Crippen LogP contribution in [0, 0.1) is 0 Å². The molecule has 0 spiro atoms. The monoisotopic (exact) mass is 271 g/mol. The molecule has 0 amide bonds. The van der Waals surface area contributed by atoms with Gasteiger partial charge in [0.25, 0.3) is 0 Å². The van der Waals surface area contributed by atoms with Crippen LogP contribution in [0.2, 0.25) is 0 Å². The SMILES string of the molecule is CCOC(=O)CCC(=O)CN1CCCC(C)(O)CC1. The summed E-state index contributed by atoms with van der Waals surface area (Å²) >= 11 is 0. The van der Waals surface area contributed by atoms with Gasteiger partial charge in [-0.15, -0.1) is 0 Å². The number of ether oxygens (including phenoxy) is 1. The van der Waals surface area contributed by atoms with Crippen LogP contribution < -0.4 is 0 Å². The summed E-state index contributed by atoms with van der Waals surface area (Å²) < 4.78 is 4.79. The van der Waals surface area contributed by atoms with Crippen molar-refractivity contribution in [2.45, 2.75) is 51.6 Å². The normalized spacial score (nSPS) is 24.8. The predicted octanol–water partition coefficient (Wildman–Crippen LogP) is 1.14. The van der Waals surface area contributed by atoms with Crippen molar-refractivity contribution in [1.82, 2.24) is 4.90 Å². The molecular formula is C14H25NO4. The number of rotatable bonds is 6. The topological polar surface area (TPSA) is 66.8 Å². The second-order valence-corrected chi connectivity index (χ2v) is 5.47. The Morgan fingerprint density at radius 3 is 2.68 bits per heavy atom. The van der Waals surface area contributed by atoms with E-state index in [0.29, 0.717) is 19.6 Å². The van der Waals surface area contributed by atoms with Gasteiger partial charge in [-0.05, 0) is 39.7 Å². The average molecular weight is 271 g/mol. The van der Waals surface area contributed by atoms with Gasteiger partial charge in [0.2, 0.25) is 0 Å². The highest BCUT2D eigenvalue weighted by molar-refractivity contribution is 5.84. The van der Waals surface area contributed by atoms with Gasteiger partial charge in [-0.2, -0.15) is 0 Å². The van der Waals surface area contributed by atoms with Gasteiger partial charge >= 0.3 is 5.97 Å². The molecule has 1 rings (SSSR count). The molecule has 1 heterocycles. The first-order chi connectivity index (χ1) is 8.93. The lowest BCUT2D eigenvalue weighted by molar-refractivity contribution is -0.144. The van der Waals surface area contributed by atoms with Crippen molar-refractivity contribution >= 4 is 11.8 Å². The molecule has 0 aromatic carbocycles. The number of hydrogen-bond donors (Lipinski definition) is 1. The van der Waals surface area contributed by atoms with Crippen LogP contribution >= 0.6 is 0 Å². The first-order valence-corrected chi connectivity index (χ1v) is 7.05. The minimum absolute atomic E-state index is 0.0644. The summed E-state index contributed by atoms with van der Waals surface area (Å²) in [6.07, 6.45) is 2.78. The van der Waals surface area contributed by atoms with E-state index in [4.69, 9.17) is 4.74 Å². The van der Waals surface area contributed by atoms with Gasteiger partial charge in [-0.1, -0.05) is 0 Å². The van der Waals surface area contributed by atoms with Crippen LogP contribution in [0.1, 0.15) is 46.0 Å². The number of aliphatic hydroxyl groups is 1. The summed E-state index contributed by atoms with van der Waals surface area (Å²) in [6.45, 7) is 5.89. The van der Waals surface area contributed by atoms with Gasteiger partial charge in [0.1, 0.15) is 5.78 Å². The van der Waals surface area contributed by atoms with Crippen LogP contribution in [-0.2, 0) is 14.3 Å². The lowest BCUT2D eigenvalue weighted by Gasteiger charge is -2.21. The van der Waals surface area contributed by atoms with Crippen molar-refractivity contribution in [2.75, 3.05) is 26.2 Å². The zero-order valence-corrected chi connectivity index (χ0v) is 12.0. The Kier molecular flexibility index (Phi) is 6.45. The van der Waals surface area contributed by atoms with Gasteiger partial charge < -0.3 is 9.84 Å². The van der Waals surface area contributed by atoms with Gasteiger partial charge in [0, 0.05) is 13.0 Å². The fraction of sp³-hybridized carbons (Fsp3) is 0.857. The third kappa shape index (κ3) is 6.68. The molecule has 0 radical (unpaired) electrons. The number of Topliss-reactive ketones (excluding diaryl/α,β-unsaturated/α-hetero) is 1. The smallest absolute Gasteiger partial charge is 0.306 e. The number of esters is 1. The molecule has 1 N–H and O–H groups in total. The van der Waals surface area contributed by atoms with E-state index in [1.54, 1.807) is 6.92 Å². The van der Waals surface area contributed by atoms with E-state index in [-0.39, 0.29) is 24.6 Å². The molecule has 1 aliphatic heterocycles. The number of likely N-dealkylation sites (tertiary alicyclic amines) is 1. The maximum atomic E-state index is 11.8. The standard InChI is InChI=1S/C14H25NO4/c1-3-19-13(17)6-5-12(16)11-15-9-4-7-14(2,18)8-10-15/h18H,3-11H2,1-2H3. The molecule has 19 heavy (non-hydrogen) atoms. The maximum absolute atomic E-state index is 11.8. The third-order valence-electron chi connectivity index (χ3n) is 3.47. The molecule has 1 saturated heterocycles. The summed E-state index contributed by atoms with van der Waals surface area (Å²) in [5.74, 6) is -0.246. The van der Waals surface area contributed by atoms with E-state index in [1.165, 1.54) is 0 Å². The molecule has 0 aromatic heterocycles. The zero-order chi connectivity index (χ0) is 14.3. The van der Waals surface area contributed by atoms with Crippen LogP contribution in [0.25, 0.3) is 0 Å². The summed E-state index contributed by atoms with van der Waals surface area (Å²) in [4.78, 5) is 25.0. The van der Waals surface area contributed by atoms with Gasteiger partial charge in [0.05, 0.1) is 25.2 Å². The molecule has 0 aromatic rings. The van der Waals surface area contributed by atoms with Gasteiger partial charge in [-0.25, -0.2) is 0 Å². The number of nitrogens with zero attached hydrogens (tertiary/aromatic N) is 1. The summed E-state index contributed by atoms with van der Waals surface area (Å²) in [5.41, 5.74) is -0.608. The largest absolute Gasteiger partial charge is 0.466 e. The Hall–Kier alpha value is -0.940. The van der Waals surface area contributed by atoms with Crippen LogP contribution in [0.5, 0.6) is 0 Å². The van der Waals surface area contributed by atoms with Crippen molar-refractivity contribution in [1.29, 1.82) is 0 Å². The molecule has 0 aliphatic carbocycles. The lowest BCUT2D eigenvalue weighted by Crippen LogP contribution is -2.32. The molecule has 1 fully saturated rings. The Morgan fingerprint density at radius 1 is 1.26 bits per heavy atom. The van der Waals surface area contributed by atoms with E-state index < -0.39 is 5.60 Å². The molecule has 0 bridgehead atoms. The molecule has 0 saturated carbocycles. The highest BCUT2D eigenvalue weighted by atomic mass is 16.5. The summed E-state index contributed by atoms with van der Waals surface area (Å²) in [5, 5.41) is 9.97. The van der Waals surface area contributed by atoms with Crippen molar-refractivity contribution in [3.63, 3.8) is 0 Å². The Bertz CT molecular complexity index is 315. The van der Waals surface area contributed by atoms with Crippen LogP contribution in [0.4, 0.5) is 0 Å². The Labute approximate surface area is 114 Å². The highest BCUT2D eigenvalue weighted by Crippen LogP contribution is 2.21. The molecule has 1 aliphatic rings. The summed E-state index contributed by atoms with van der Waals surface area (Å²) in [7, 11) is 0. The third-order valence-corrected chi connectivity index (χ3v) is 3.47. The molecule has 110 valence electrons. The van der Waals surface area contributed by atoms with E-state index in [9.17, 15) is 14.7 Å². The second kappa shape index (κ2) is 7.60. The minimum Gasteiger partial charge on any atom is -0.466 e. The quantitative estimate of drug-likeness (QED) is 0.734. The van der Waals surface area contributed by atoms with Crippen LogP contribution in [-0.4, -0.2) is 53.6 Å². The molecule has 1 atom stereocenters. The Morgan fingerprint density at radius 2 is 2.00 bits per heavy atom. The first kappa shape index (κ1) is 16.1. The Balaban J connectivity index is 2.26. The molecule has 1 unspecified atom stereocenters. The van der Waals surface area contributed by atoms with Crippen LogP contribution in [0.3, 0.4) is 0 Å². The fourth-order valence-corrected chi connectivity index (χ4v) is 2.28. The van der Waals surface area contributed by atoms with E-state index in [2.05, 4.69) is 4.90 Å². The fourth-order valence-electron chi connectivity index (χ4n) is 2.28. The number of ketones is 1. The van der Waals surface area contributed by atoms with Crippen molar-refractivity contribution in [3.8, 4) is 0 Å². The highest BCUT2D eigenvalue weighted by Gasteiger charge is 2.25. The van der Waals surface area contributed by atoms with Crippen molar-refractivity contribution in [3.05, 3.63) is 0 Å². The van der Waals surface area contributed by atoms with Crippen molar-refractivity contribution < 1.29 is 19.4 Å². The van der Waals surface area contributed by atoms with E-state index in [1.807, 2.05) is 6.92 Å². The predicted molar refractivity (Wildman–Crippen MR) is 71.8 cm³/mol. The molecule has 5 heteroatoms. The minimum atomic E-state index is -0.608. The zero-order valence-electron chi connectivity index (χ0n) is 12.0. The number of carbonyl (C=O) groups excluding carboxylic acids is 2. The van der Waals surface area contributed by atoms with Crippen molar-refractivity contribution in [2.24, 2.45) is 0 Å². The number of hydrogen-bond acceptors (Lipinski definition) is 5. The van der Waals surface area contributed by atoms with Gasteiger partial charge in [0.15, 0.2) is 0 Å². The maximum Gasteiger partial charge on any atom is 0.306 e. The summed E-state index contributed by atoms with van der Waals surface area (Å²) in [6, 6.07) is 0. The first-order valence-electron chi connectivity index (χ1n) is 7.05. The molecular weight excluding hydrogens is 246 g/mol. The van der Waals surface area contributed by atoms with Gasteiger partial charge in [-0.3, -0.25) is 14.5 Å². The number of carbonyl (C=O) groups is 2.